The van der Waals surface area contributed by atoms with Gasteiger partial charge in [-0.25, -0.2) is 4.98 Å². The van der Waals surface area contributed by atoms with Crippen LogP contribution < -0.4 is 10.2 Å². The first kappa shape index (κ1) is 24.0. The third kappa shape index (κ3) is 4.72. The van der Waals surface area contributed by atoms with Crippen LogP contribution in [0.4, 0.5) is 17.2 Å². The number of fused-ring (bicyclic) bond motifs is 1. The van der Waals surface area contributed by atoms with Crippen molar-refractivity contribution < 1.29 is 0 Å². The summed E-state index contributed by atoms with van der Waals surface area (Å²) in [6.07, 6.45) is 7.22. The SMILES string of the molecule is C=C1CCN(c2ccc(Nc3c(C(=C)C4CC4)cnc4ccc(-c5cc(Cl)c(C)c(Cl)c5)cc34)cn2)C1. The minimum absolute atomic E-state index is 0.515. The minimum atomic E-state index is 0.515. The summed E-state index contributed by atoms with van der Waals surface area (Å²) >= 11 is 12.9. The van der Waals surface area contributed by atoms with Crippen molar-refractivity contribution in [2.45, 2.75) is 26.2 Å². The van der Waals surface area contributed by atoms with E-state index in [1.807, 2.05) is 37.5 Å². The molecule has 0 unspecified atom stereocenters. The summed E-state index contributed by atoms with van der Waals surface area (Å²) in [5.41, 5.74) is 9.13. The molecule has 37 heavy (non-hydrogen) atoms. The second kappa shape index (κ2) is 9.51. The predicted molar refractivity (Wildman–Crippen MR) is 157 cm³/mol. The van der Waals surface area contributed by atoms with Gasteiger partial charge < -0.3 is 10.2 Å². The number of allylic oxidation sites excluding steroid dienone is 1. The number of nitrogens with zero attached hydrogens (tertiary/aromatic N) is 3. The van der Waals surface area contributed by atoms with Gasteiger partial charge in [-0.05, 0) is 90.8 Å². The first-order chi connectivity index (χ1) is 17.9. The Labute approximate surface area is 227 Å². The van der Waals surface area contributed by atoms with Crippen LogP contribution in [0, 0.1) is 12.8 Å². The maximum atomic E-state index is 6.47. The van der Waals surface area contributed by atoms with Gasteiger partial charge in [0.1, 0.15) is 5.82 Å². The molecule has 0 atom stereocenters. The van der Waals surface area contributed by atoms with Crippen molar-refractivity contribution in [1.29, 1.82) is 0 Å². The zero-order valence-electron chi connectivity index (χ0n) is 20.8. The average Bonchev–Trinajstić information content (AvgIpc) is 3.67. The zero-order chi connectivity index (χ0) is 25.7. The van der Waals surface area contributed by atoms with Crippen molar-refractivity contribution in [2.75, 3.05) is 23.3 Å². The van der Waals surface area contributed by atoms with Crippen LogP contribution in [0.25, 0.3) is 27.6 Å². The van der Waals surface area contributed by atoms with E-state index in [2.05, 4.69) is 47.6 Å². The number of hydrogen-bond acceptors (Lipinski definition) is 4. The number of rotatable bonds is 6. The highest BCUT2D eigenvalue weighted by molar-refractivity contribution is 6.36. The highest BCUT2D eigenvalue weighted by Gasteiger charge is 2.28. The van der Waals surface area contributed by atoms with Gasteiger partial charge in [-0.1, -0.05) is 48.0 Å². The lowest BCUT2D eigenvalue weighted by molar-refractivity contribution is 0.939. The fraction of sp³-hybridized carbons (Fsp3) is 0.226. The molecule has 1 aliphatic heterocycles. The molecule has 1 N–H and O–H groups in total. The summed E-state index contributed by atoms with van der Waals surface area (Å²) in [7, 11) is 0. The van der Waals surface area contributed by atoms with Crippen molar-refractivity contribution in [1.82, 2.24) is 9.97 Å². The Bertz CT molecular complexity index is 1530. The Balaban J connectivity index is 1.43. The molecule has 6 heteroatoms. The summed E-state index contributed by atoms with van der Waals surface area (Å²) in [4.78, 5) is 11.8. The van der Waals surface area contributed by atoms with Crippen molar-refractivity contribution in [2.24, 2.45) is 5.92 Å². The topological polar surface area (TPSA) is 41.0 Å². The Hall–Kier alpha value is -3.34. The molecule has 1 saturated heterocycles. The Kier molecular flexibility index (Phi) is 6.18. The van der Waals surface area contributed by atoms with Gasteiger partial charge >= 0.3 is 0 Å². The van der Waals surface area contributed by atoms with Crippen molar-refractivity contribution in [3.05, 3.63) is 94.8 Å². The number of halogens is 2. The molecule has 6 rings (SSSR count). The first-order valence-electron chi connectivity index (χ1n) is 12.6. The smallest absolute Gasteiger partial charge is 0.128 e. The maximum absolute atomic E-state index is 6.47. The third-order valence-electron chi connectivity index (χ3n) is 7.39. The first-order valence-corrected chi connectivity index (χ1v) is 13.4. The zero-order valence-corrected chi connectivity index (χ0v) is 22.3. The van der Waals surface area contributed by atoms with E-state index in [4.69, 9.17) is 33.2 Å². The molecule has 1 aliphatic carbocycles. The Morgan fingerprint density at radius 2 is 1.78 bits per heavy atom. The summed E-state index contributed by atoms with van der Waals surface area (Å²) in [6.45, 7) is 12.3. The normalized spacial score (nSPS) is 15.4. The van der Waals surface area contributed by atoms with Gasteiger partial charge in [0.15, 0.2) is 0 Å². The molecule has 4 aromatic rings. The van der Waals surface area contributed by atoms with Crippen LogP contribution in [0.2, 0.25) is 10.0 Å². The molecule has 3 heterocycles. The molecule has 0 amide bonds. The van der Waals surface area contributed by atoms with Gasteiger partial charge in [0.2, 0.25) is 0 Å². The molecule has 4 nitrogen and oxygen atoms in total. The molecule has 2 fully saturated rings. The number of hydrogen-bond donors (Lipinski definition) is 1. The quantitative estimate of drug-likeness (QED) is 0.254. The molecule has 2 aromatic heterocycles. The maximum Gasteiger partial charge on any atom is 0.128 e. The third-order valence-corrected chi connectivity index (χ3v) is 8.17. The van der Waals surface area contributed by atoms with Crippen molar-refractivity contribution in [3.63, 3.8) is 0 Å². The molecule has 0 radical (unpaired) electrons. The summed E-state index contributed by atoms with van der Waals surface area (Å²) in [5.74, 6) is 1.49. The van der Waals surface area contributed by atoms with E-state index in [0.717, 1.165) is 75.4 Å². The highest BCUT2D eigenvalue weighted by atomic mass is 35.5. The van der Waals surface area contributed by atoms with E-state index in [1.165, 1.54) is 18.4 Å². The van der Waals surface area contributed by atoms with Crippen molar-refractivity contribution in [3.8, 4) is 11.1 Å². The monoisotopic (exact) mass is 526 g/mol. The molecular weight excluding hydrogens is 499 g/mol. The molecule has 1 saturated carbocycles. The second-order valence-corrected chi connectivity index (χ2v) is 10.9. The Morgan fingerprint density at radius 3 is 2.43 bits per heavy atom. The largest absolute Gasteiger partial charge is 0.353 e. The van der Waals surface area contributed by atoms with Crippen LogP contribution in [0.5, 0.6) is 0 Å². The highest BCUT2D eigenvalue weighted by Crippen LogP contribution is 2.45. The summed E-state index contributed by atoms with van der Waals surface area (Å²) < 4.78 is 0. The number of benzene rings is 2. The molecule has 2 aliphatic rings. The lowest BCUT2D eigenvalue weighted by Crippen LogP contribution is -2.19. The van der Waals surface area contributed by atoms with Crippen LogP contribution in [0.3, 0.4) is 0 Å². The van der Waals surface area contributed by atoms with Gasteiger partial charge in [-0.3, -0.25) is 4.98 Å². The van der Waals surface area contributed by atoms with Gasteiger partial charge in [0, 0.05) is 40.3 Å². The van der Waals surface area contributed by atoms with Gasteiger partial charge in [0.25, 0.3) is 0 Å². The van der Waals surface area contributed by atoms with E-state index in [-0.39, 0.29) is 0 Å². The molecule has 0 bridgehead atoms. The van der Waals surface area contributed by atoms with E-state index in [0.29, 0.717) is 16.0 Å². The number of pyridine rings is 2. The molecule has 2 aromatic carbocycles. The van der Waals surface area contributed by atoms with Crippen LogP contribution >= 0.6 is 23.2 Å². The van der Waals surface area contributed by atoms with Crippen LogP contribution in [0.1, 0.15) is 30.4 Å². The number of nitrogens with one attached hydrogen (secondary N) is 1. The lowest BCUT2D eigenvalue weighted by atomic mass is 9.97. The second-order valence-electron chi connectivity index (χ2n) is 10.1. The van der Waals surface area contributed by atoms with E-state index in [9.17, 15) is 0 Å². The molecular formula is C31H28Cl2N4. The van der Waals surface area contributed by atoms with E-state index >= 15 is 0 Å². The van der Waals surface area contributed by atoms with Gasteiger partial charge in [0.05, 0.1) is 23.1 Å². The number of anilines is 3. The predicted octanol–water partition coefficient (Wildman–Crippen LogP) is 8.85. The lowest BCUT2D eigenvalue weighted by Gasteiger charge is -2.19. The summed E-state index contributed by atoms with van der Waals surface area (Å²) in [5, 5.41) is 5.99. The van der Waals surface area contributed by atoms with E-state index < -0.39 is 0 Å². The van der Waals surface area contributed by atoms with Crippen molar-refractivity contribution >= 4 is 56.9 Å². The fourth-order valence-corrected chi connectivity index (χ4v) is 5.41. The standard InChI is InChI=1S/C31H28Cl2N4/c1-18-10-11-37(17-18)30-9-7-24(15-35-30)36-31-25-12-22(23-13-27(32)20(3)28(33)14-23)6-8-29(25)34-16-26(31)19(2)21-4-5-21/h6-9,12-16,21H,1-2,4-5,10-11,17H2,3H3,(H,34,36). The van der Waals surface area contributed by atoms with Crippen LogP contribution in [-0.2, 0) is 0 Å². The summed E-state index contributed by atoms with van der Waals surface area (Å²) in [6, 6.07) is 14.3. The minimum Gasteiger partial charge on any atom is -0.353 e. The number of aromatic nitrogens is 2. The van der Waals surface area contributed by atoms with Crippen LogP contribution in [-0.4, -0.2) is 23.1 Å². The average molecular weight is 527 g/mol. The van der Waals surface area contributed by atoms with Gasteiger partial charge in [-0.2, -0.15) is 0 Å². The molecule has 0 spiro atoms. The van der Waals surface area contributed by atoms with Crippen LogP contribution in [0.15, 0.2) is 73.6 Å². The van der Waals surface area contributed by atoms with E-state index in [1.54, 1.807) is 0 Å². The fourth-order valence-electron chi connectivity index (χ4n) is 4.92. The Morgan fingerprint density at radius 1 is 1.00 bits per heavy atom. The van der Waals surface area contributed by atoms with Gasteiger partial charge in [-0.15, -0.1) is 0 Å². The molecule has 186 valence electrons.